The molecule has 7 heteroatoms. The topological polar surface area (TPSA) is 76.1 Å². The first kappa shape index (κ1) is 18.8. The normalized spacial score (nSPS) is 11.5. The summed E-state index contributed by atoms with van der Waals surface area (Å²) in [6.07, 6.45) is 0. The van der Waals surface area contributed by atoms with Crippen LogP contribution in [0.4, 0.5) is 5.82 Å². The molecule has 0 bridgehead atoms. The SMILES string of the molecule is CNC(=O)c1ccc(NC(c2ccccc2)c2ccc(OC)c(Br)c2)nn1. The highest BCUT2D eigenvalue weighted by molar-refractivity contribution is 9.10. The lowest BCUT2D eigenvalue weighted by atomic mass is 9.98. The molecule has 0 saturated heterocycles. The fourth-order valence-corrected chi connectivity index (χ4v) is 3.23. The Bertz CT molecular complexity index is 917. The molecule has 138 valence electrons. The van der Waals surface area contributed by atoms with Gasteiger partial charge < -0.3 is 15.4 Å². The second-order valence-electron chi connectivity index (χ2n) is 5.76. The van der Waals surface area contributed by atoms with Gasteiger partial charge in [-0.3, -0.25) is 4.79 Å². The van der Waals surface area contributed by atoms with Crippen molar-refractivity contribution in [1.29, 1.82) is 0 Å². The number of aromatic nitrogens is 2. The van der Waals surface area contributed by atoms with Crippen LogP contribution in [0.25, 0.3) is 0 Å². The van der Waals surface area contributed by atoms with Gasteiger partial charge in [0, 0.05) is 7.05 Å². The van der Waals surface area contributed by atoms with Crippen LogP contribution in [-0.2, 0) is 0 Å². The third-order valence-electron chi connectivity index (χ3n) is 4.06. The standard InChI is InChI=1S/C20H19BrN4O2/c1-22-20(26)16-9-11-18(25-24-16)23-19(13-6-4-3-5-7-13)14-8-10-17(27-2)15(21)12-14/h3-12,19H,1-2H3,(H,22,26)(H,23,25). The van der Waals surface area contributed by atoms with Gasteiger partial charge in [0.2, 0.25) is 0 Å². The largest absolute Gasteiger partial charge is 0.496 e. The van der Waals surface area contributed by atoms with E-state index in [1.807, 2.05) is 48.5 Å². The number of benzene rings is 2. The van der Waals surface area contributed by atoms with Gasteiger partial charge >= 0.3 is 0 Å². The van der Waals surface area contributed by atoms with Gasteiger partial charge in [-0.1, -0.05) is 36.4 Å². The molecule has 2 aromatic carbocycles. The van der Waals surface area contributed by atoms with Gasteiger partial charge in [-0.25, -0.2) is 0 Å². The van der Waals surface area contributed by atoms with Crippen molar-refractivity contribution in [2.45, 2.75) is 6.04 Å². The summed E-state index contributed by atoms with van der Waals surface area (Å²) in [5, 5.41) is 14.0. The molecule has 6 nitrogen and oxygen atoms in total. The van der Waals surface area contributed by atoms with E-state index in [1.54, 1.807) is 26.3 Å². The molecule has 1 heterocycles. The predicted octanol–water partition coefficient (Wildman–Crippen LogP) is 3.81. The number of carbonyl (C=O) groups excluding carboxylic acids is 1. The molecule has 1 aromatic heterocycles. The number of amides is 1. The number of rotatable bonds is 6. The van der Waals surface area contributed by atoms with Crippen LogP contribution in [0.3, 0.4) is 0 Å². The van der Waals surface area contributed by atoms with Crippen molar-refractivity contribution in [2.24, 2.45) is 0 Å². The van der Waals surface area contributed by atoms with E-state index in [-0.39, 0.29) is 17.6 Å². The van der Waals surface area contributed by atoms with E-state index in [9.17, 15) is 4.79 Å². The molecule has 3 aromatic rings. The van der Waals surface area contributed by atoms with Gasteiger partial charge in [0.05, 0.1) is 17.6 Å². The van der Waals surface area contributed by atoms with Crippen LogP contribution >= 0.6 is 15.9 Å². The number of hydrogen-bond donors (Lipinski definition) is 2. The lowest BCUT2D eigenvalue weighted by Gasteiger charge is -2.21. The average Bonchev–Trinajstić information content (AvgIpc) is 2.72. The zero-order valence-corrected chi connectivity index (χ0v) is 16.5. The lowest BCUT2D eigenvalue weighted by molar-refractivity contribution is 0.0957. The Morgan fingerprint density at radius 2 is 1.81 bits per heavy atom. The van der Waals surface area contributed by atoms with E-state index in [0.717, 1.165) is 21.3 Å². The van der Waals surface area contributed by atoms with E-state index >= 15 is 0 Å². The van der Waals surface area contributed by atoms with Crippen LogP contribution in [-0.4, -0.2) is 30.3 Å². The predicted molar refractivity (Wildman–Crippen MR) is 108 cm³/mol. The third kappa shape index (κ3) is 4.43. The highest BCUT2D eigenvalue weighted by Crippen LogP contribution is 2.32. The molecule has 27 heavy (non-hydrogen) atoms. The summed E-state index contributed by atoms with van der Waals surface area (Å²) < 4.78 is 6.19. The fraction of sp³-hybridized carbons (Fsp3) is 0.150. The molecule has 0 radical (unpaired) electrons. The number of hydrogen-bond acceptors (Lipinski definition) is 5. The summed E-state index contributed by atoms with van der Waals surface area (Å²) in [6, 6.07) is 19.2. The van der Waals surface area contributed by atoms with Crippen LogP contribution in [0.5, 0.6) is 5.75 Å². The molecule has 3 rings (SSSR count). The summed E-state index contributed by atoms with van der Waals surface area (Å²) in [6.45, 7) is 0. The van der Waals surface area contributed by atoms with E-state index in [0.29, 0.717) is 5.82 Å². The van der Waals surface area contributed by atoms with Crippen LogP contribution in [0.15, 0.2) is 65.1 Å². The maximum absolute atomic E-state index is 11.6. The van der Waals surface area contributed by atoms with Gasteiger partial charge in [-0.2, -0.15) is 0 Å². The third-order valence-corrected chi connectivity index (χ3v) is 4.68. The van der Waals surface area contributed by atoms with E-state index in [1.165, 1.54) is 0 Å². The molecule has 0 fully saturated rings. The van der Waals surface area contributed by atoms with Crippen molar-refractivity contribution in [3.8, 4) is 5.75 Å². The highest BCUT2D eigenvalue weighted by Gasteiger charge is 2.17. The van der Waals surface area contributed by atoms with E-state index < -0.39 is 0 Å². The number of nitrogens with zero attached hydrogens (tertiary/aromatic N) is 2. The Morgan fingerprint density at radius 1 is 1.04 bits per heavy atom. The van der Waals surface area contributed by atoms with Gasteiger partial charge in [0.1, 0.15) is 11.6 Å². The Hall–Kier alpha value is -2.93. The number of ether oxygens (including phenoxy) is 1. The van der Waals surface area contributed by atoms with E-state index in [4.69, 9.17) is 4.74 Å². The molecular formula is C20H19BrN4O2. The molecule has 0 aliphatic rings. The van der Waals surface area contributed by atoms with Crippen molar-refractivity contribution >= 4 is 27.7 Å². The molecule has 0 aliphatic heterocycles. The van der Waals surface area contributed by atoms with Gasteiger partial charge in [-0.15, -0.1) is 10.2 Å². The van der Waals surface area contributed by atoms with Gasteiger partial charge in [0.25, 0.3) is 5.91 Å². The maximum Gasteiger partial charge on any atom is 0.271 e. The minimum atomic E-state index is -0.271. The van der Waals surface area contributed by atoms with Crippen LogP contribution < -0.4 is 15.4 Å². The van der Waals surface area contributed by atoms with Crippen molar-refractivity contribution < 1.29 is 9.53 Å². The first-order valence-electron chi connectivity index (χ1n) is 8.33. The quantitative estimate of drug-likeness (QED) is 0.626. The van der Waals surface area contributed by atoms with Crippen molar-refractivity contribution in [3.63, 3.8) is 0 Å². The first-order chi connectivity index (χ1) is 13.1. The Balaban J connectivity index is 1.94. The van der Waals surface area contributed by atoms with Crippen LogP contribution in [0.1, 0.15) is 27.7 Å². The number of halogens is 1. The van der Waals surface area contributed by atoms with Crippen molar-refractivity contribution in [3.05, 3.63) is 82.0 Å². The maximum atomic E-state index is 11.6. The minimum Gasteiger partial charge on any atom is -0.496 e. The van der Waals surface area contributed by atoms with Gasteiger partial charge in [-0.05, 0) is 51.3 Å². The molecule has 1 amide bonds. The molecular weight excluding hydrogens is 408 g/mol. The monoisotopic (exact) mass is 426 g/mol. The van der Waals surface area contributed by atoms with E-state index in [2.05, 4.69) is 36.8 Å². The summed E-state index contributed by atoms with van der Waals surface area (Å²) in [5.74, 6) is 1.07. The molecule has 0 saturated carbocycles. The van der Waals surface area contributed by atoms with Gasteiger partial charge in [0.15, 0.2) is 5.69 Å². The molecule has 0 aliphatic carbocycles. The molecule has 2 N–H and O–H groups in total. The molecule has 0 spiro atoms. The highest BCUT2D eigenvalue weighted by atomic mass is 79.9. The first-order valence-corrected chi connectivity index (χ1v) is 9.12. The summed E-state index contributed by atoms with van der Waals surface area (Å²) >= 11 is 3.54. The number of methoxy groups -OCH3 is 1. The van der Waals surface area contributed by atoms with Crippen molar-refractivity contribution in [2.75, 3.05) is 19.5 Å². The average molecular weight is 427 g/mol. The zero-order chi connectivity index (χ0) is 19.2. The Kier molecular flexibility index (Phi) is 6.03. The Labute approximate surface area is 166 Å². The van der Waals surface area contributed by atoms with Crippen molar-refractivity contribution in [1.82, 2.24) is 15.5 Å². The second-order valence-corrected chi connectivity index (χ2v) is 6.62. The minimum absolute atomic E-state index is 0.145. The second kappa shape index (κ2) is 8.64. The lowest BCUT2D eigenvalue weighted by Crippen LogP contribution is -2.20. The number of nitrogens with one attached hydrogen (secondary N) is 2. The summed E-state index contributed by atoms with van der Waals surface area (Å²) in [7, 11) is 3.19. The number of carbonyl (C=O) groups is 1. The van der Waals surface area contributed by atoms with Crippen LogP contribution in [0.2, 0.25) is 0 Å². The summed E-state index contributed by atoms with van der Waals surface area (Å²) in [5.41, 5.74) is 2.38. The Morgan fingerprint density at radius 3 is 2.41 bits per heavy atom. The zero-order valence-electron chi connectivity index (χ0n) is 14.9. The van der Waals surface area contributed by atoms with Crippen LogP contribution in [0, 0.1) is 0 Å². The fourth-order valence-electron chi connectivity index (χ4n) is 2.67. The molecule has 1 atom stereocenters. The number of anilines is 1. The molecule has 1 unspecified atom stereocenters. The summed E-state index contributed by atoms with van der Waals surface area (Å²) in [4.78, 5) is 11.6. The smallest absolute Gasteiger partial charge is 0.271 e.